The van der Waals surface area contributed by atoms with Gasteiger partial charge in [0.1, 0.15) is 0 Å². The molecule has 2 heterocycles. The number of benzene rings is 1. The SMILES string of the molecule is O=C(c1ccc(Cl)s1)N1CCN(C2CC2)CC1Cc1ccccc1. The monoisotopic (exact) mass is 360 g/mol. The Hall–Kier alpha value is -1.36. The van der Waals surface area contributed by atoms with Crippen molar-refractivity contribution in [3.8, 4) is 0 Å². The van der Waals surface area contributed by atoms with Crippen molar-refractivity contribution in [1.29, 1.82) is 0 Å². The quantitative estimate of drug-likeness (QED) is 0.824. The van der Waals surface area contributed by atoms with E-state index in [4.69, 9.17) is 11.6 Å². The van der Waals surface area contributed by atoms with Crippen molar-refractivity contribution in [3.63, 3.8) is 0 Å². The Morgan fingerprint density at radius 1 is 1.12 bits per heavy atom. The van der Waals surface area contributed by atoms with Crippen molar-refractivity contribution < 1.29 is 4.79 Å². The zero-order valence-electron chi connectivity index (χ0n) is 13.5. The second-order valence-electron chi connectivity index (χ2n) is 6.67. The van der Waals surface area contributed by atoms with Crippen molar-refractivity contribution in [2.45, 2.75) is 31.3 Å². The standard InChI is InChI=1S/C19H21ClN2OS/c20-18-9-8-17(24-18)19(23)22-11-10-21(15-6-7-15)13-16(22)12-14-4-2-1-3-5-14/h1-5,8-9,15-16H,6-7,10-13H2. The number of hydrogen-bond acceptors (Lipinski definition) is 3. The van der Waals surface area contributed by atoms with Crippen LogP contribution in [0.3, 0.4) is 0 Å². The lowest BCUT2D eigenvalue weighted by Gasteiger charge is -2.41. The van der Waals surface area contributed by atoms with Crippen LogP contribution >= 0.6 is 22.9 Å². The second kappa shape index (κ2) is 6.87. The highest BCUT2D eigenvalue weighted by Crippen LogP contribution is 2.31. The van der Waals surface area contributed by atoms with E-state index in [1.54, 1.807) is 0 Å². The number of nitrogens with zero attached hydrogens (tertiary/aromatic N) is 2. The van der Waals surface area contributed by atoms with Gasteiger partial charge in [0.2, 0.25) is 0 Å². The Balaban J connectivity index is 1.54. The summed E-state index contributed by atoms with van der Waals surface area (Å²) in [5, 5.41) is 0. The van der Waals surface area contributed by atoms with Gasteiger partial charge in [0.05, 0.1) is 9.21 Å². The van der Waals surface area contributed by atoms with Gasteiger partial charge in [0, 0.05) is 31.7 Å². The minimum Gasteiger partial charge on any atom is -0.332 e. The first-order valence-corrected chi connectivity index (χ1v) is 9.74. The number of hydrogen-bond donors (Lipinski definition) is 0. The maximum atomic E-state index is 13.0. The van der Waals surface area contributed by atoms with E-state index < -0.39 is 0 Å². The Bertz CT molecular complexity index is 713. The largest absolute Gasteiger partial charge is 0.332 e. The minimum atomic E-state index is 0.128. The number of thiophene rings is 1. The molecule has 2 fully saturated rings. The van der Waals surface area contributed by atoms with Crippen LogP contribution < -0.4 is 0 Å². The van der Waals surface area contributed by atoms with Gasteiger partial charge in [-0.05, 0) is 37.0 Å². The molecule has 1 unspecified atom stereocenters. The summed E-state index contributed by atoms with van der Waals surface area (Å²) < 4.78 is 0.676. The van der Waals surface area contributed by atoms with Gasteiger partial charge >= 0.3 is 0 Å². The number of carbonyl (C=O) groups is 1. The smallest absolute Gasteiger partial charge is 0.264 e. The van der Waals surface area contributed by atoms with Crippen LogP contribution in [0.25, 0.3) is 0 Å². The fourth-order valence-electron chi connectivity index (χ4n) is 3.55. The van der Waals surface area contributed by atoms with Crippen LogP contribution in [0.5, 0.6) is 0 Å². The van der Waals surface area contributed by atoms with Crippen LogP contribution in [0.4, 0.5) is 0 Å². The summed E-state index contributed by atoms with van der Waals surface area (Å²) >= 11 is 7.40. The summed E-state index contributed by atoms with van der Waals surface area (Å²) in [6.07, 6.45) is 3.54. The number of halogens is 1. The van der Waals surface area contributed by atoms with Gasteiger partial charge in [-0.15, -0.1) is 11.3 Å². The molecule has 2 aliphatic rings. The molecule has 5 heteroatoms. The maximum Gasteiger partial charge on any atom is 0.264 e. The molecule has 1 saturated carbocycles. The molecule has 1 aromatic heterocycles. The predicted molar refractivity (Wildman–Crippen MR) is 98.9 cm³/mol. The van der Waals surface area contributed by atoms with Gasteiger partial charge < -0.3 is 4.90 Å². The van der Waals surface area contributed by atoms with Crippen LogP contribution in [-0.2, 0) is 6.42 Å². The molecule has 1 saturated heterocycles. The predicted octanol–water partition coefficient (Wildman–Crippen LogP) is 3.93. The summed E-state index contributed by atoms with van der Waals surface area (Å²) in [4.78, 5) is 18.3. The molecule has 0 radical (unpaired) electrons. The number of piperazine rings is 1. The highest BCUT2D eigenvalue weighted by Gasteiger charge is 2.37. The third kappa shape index (κ3) is 3.51. The van der Waals surface area contributed by atoms with Crippen molar-refractivity contribution >= 4 is 28.8 Å². The summed E-state index contributed by atoms with van der Waals surface area (Å²) in [5.74, 6) is 0.128. The molecule has 24 heavy (non-hydrogen) atoms. The van der Waals surface area contributed by atoms with Gasteiger partial charge in [-0.1, -0.05) is 41.9 Å². The van der Waals surface area contributed by atoms with E-state index in [-0.39, 0.29) is 11.9 Å². The summed E-state index contributed by atoms with van der Waals surface area (Å²) in [6.45, 7) is 2.77. The molecule has 126 valence electrons. The average Bonchev–Trinajstić information content (AvgIpc) is 3.36. The van der Waals surface area contributed by atoms with Crippen molar-refractivity contribution in [3.05, 3.63) is 57.2 Å². The normalized spacial score (nSPS) is 21.9. The first kappa shape index (κ1) is 16.1. The number of rotatable bonds is 4. The fourth-order valence-corrected chi connectivity index (χ4v) is 4.55. The summed E-state index contributed by atoms with van der Waals surface area (Å²) in [7, 11) is 0. The first-order chi connectivity index (χ1) is 11.7. The third-order valence-corrected chi connectivity index (χ3v) is 6.16. The molecule has 1 atom stereocenters. The molecule has 1 aromatic carbocycles. The van der Waals surface area contributed by atoms with E-state index in [9.17, 15) is 4.79 Å². The zero-order chi connectivity index (χ0) is 16.5. The van der Waals surface area contributed by atoms with Crippen LogP contribution in [0.1, 0.15) is 28.1 Å². The minimum absolute atomic E-state index is 0.128. The Kier molecular flexibility index (Phi) is 4.61. The molecule has 0 N–H and O–H groups in total. The average molecular weight is 361 g/mol. The lowest BCUT2D eigenvalue weighted by molar-refractivity contribution is 0.0441. The van der Waals surface area contributed by atoms with Gasteiger partial charge in [0.15, 0.2) is 0 Å². The molecular weight excluding hydrogens is 340 g/mol. The van der Waals surface area contributed by atoms with Gasteiger partial charge in [-0.2, -0.15) is 0 Å². The van der Waals surface area contributed by atoms with E-state index >= 15 is 0 Å². The number of carbonyl (C=O) groups excluding carboxylic acids is 1. The molecular formula is C19H21ClN2OS. The molecule has 3 nitrogen and oxygen atoms in total. The van der Waals surface area contributed by atoms with Crippen molar-refractivity contribution in [2.24, 2.45) is 0 Å². The Morgan fingerprint density at radius 3 is 2.58 bits per heavy atom. The maximum absolute atomic E-state index is 13.0. The molecule has 1 amide bonds. The van der Waals surface area contributed by atoms with Gasteiger partial charge in [-0.25, -0.2) is 0 Å². The van der Waals surface area contributed by atoms with Gasteiger partial charge in [-0.3, -0.25) is 9.69 Å². The molecule has 1 aliphatic carbocycles. The summed E-state index contributed by atoms with van der Waals surface area (Å²) in [6, 6.07) is 15.1. The van der Waals surface area contributed by atoms with Crippen LogP contribution in [-0.4, -0.2) is 47.4 Å². The van der Waals surface area contributed by atoms with Crippen LogP contribution in [0.2, 0.25) is 4.34 Å². The van der Waals surface area contributed by atoms with Crippen molar-refractivity contribution in [1.82, 2.24) is 9.80 Å². The fraction of sp³-hybridized carbons (Fsp3) is 0.421. The molecule has 4 rings (SSSR count). The Morgan fingerprint density at radius 2 is 1.92 bits per heavy atom. The van der Waals surface area contributed by atoms with E-state index in [0.717, 1.165) is 37.0 Å². The molecule has 2 aromatic rings. The second-order valence-corrected chi connectivity index (χ2v) is 8.39. The topological polar surface area (TPSA) is 23.6 Å². The van der Waals surface area contributed by atoms with Gasteiger partial charge in [0.25, 0.3) is 5.91 Å². The highest BCUT2D eigenvalue weighted by atomic mass is 35.5. The third-order valence-electron chi connectivity index (χ3n) is 4.94. The lowest BCUT2D eigenvalue weighted by Crippen LogP contribution is -2.56. The van der Waals surface area contributed by atoms with E-state index in [0.29, 0.717) is 4.34 Å². The molecule has 1 aliphatic heterocycles. The van der Waals surface area contributed by atoms with E-state index in [2.05, 4.69) is 34.1 Å². The molecule has 0 bridgehead atoms. The first-order valence-electron chi connectivity index (χ1n) is 8.55. The zero-order valence-corrected chi connectivity index (χ0v) is 15.1. The van der Waals surface area contributed by atoms with E-state index in [1.165, 1.54) is 29.7 Å². The number of amides is 1. The van der Waals surface area contributed by atoms with Crippen LogP contribution in [0, 0.1) is 0 Å². The van der Waals surface area contributed by atoms with Crippen molar-refractivity contribution in [2.75, 3.05) is 19.6 Å². The Labute approximate surface area is 151 Å². The van der Waals surface area contributed by atoms with Crippen LogP contribution in [0.15, 0.2) is 42.5 Å². The lowest BCUT2D eigenvalue weighted by atomic mass is 10.0. The molecule has 0 spiro atoms. The van der Waals surface area contributed by atoms with E-state index in [1.807, 2.05) is 18.2 Å². The summed E-state index contributed by atoms with van der Waals surface area (Å²) in [5.41, 5.74) is 1.29. The highest BCUT2D eigenvalue weighted by molar-refractivity contribution is 7.17.